The molecule has 3 amide bonds. The Morgan fingerprint density at radius 1 is 1.03 bits per heavy atom. The number of anilines is 2. The quantitative estimate of drug-likeness (QED) is 0.537. The molecule has 2 aromatic carbocycles. The molecule has 31 heavy (non-hydrogen) atoms. The summed E-state index contributed by atoms with van der Waals surface area (Å²) in [7, 11) is 0. The van der Waals surface area contributed by atoms with E-state index in [4.69, 9.17) is 4.74 Å². The van der Waals surface area contributed by atoms with Gasteiger partial charge < -0.3 is 10.1 Å². The van der Waals surface area contributed by atoms with Crippen molar-refractivity contribution in [2.75, 3.05) is 10.2 Å². The Hall–Kier alpha value is -3.48. The standard InChI is InChI=1S/C24H26N2O5/c1-4-15(2)19-10-5-6-11-20(19)25-23(29)16(3)31-24(30)17-8-7-9-18(14-17)26-21(27)12-13-22(26)28/h5-11,14-16H,4,12-13H2,1-3H3,(H,25,29)/t15-,16+/m0/s1. The van der Waals surface area contributed by atoms with Gasteiger partial charge in [0.2, 0.25) is 11.8 Å². The molecule has 1 aliphatic rings. The number of nitrogens with zero attached hydrogens (tertiary/aromatic N) is 1. The number of benzene rings is 2. The van der Waals surface area contributed by atoms with Crippen LogP contribution in [-0.2, 0) is 19.1 Å². The molecule has 0 unspecified atom stereocenters. The lowest BCUT2D eigenvalue weighted by Crippen LogP contribution is -2.31. The normalized spacial score (nSPS) is 15.5. The van der Waals surface area contributed by atoms with Crippen molar-refractivity contribution in [2.24, 2.45) is 0 Å². The van der Waals surface area contributed by atoms with Gasteiger partial charge in [-0.3, -0.25) is 19.3 Å². The molecule has 0 spiro atoms. The van der Waals surface area contributed by atoms with Crippen LogP contribution in [0.25, 0.3) is 0 Å². The molecule has 2 atom stereocenters. The van der Waals surface area contributed by atoms with E-state index in [1.165, 1.54) is 19.1 Å². The molecular formula is C24H26N2O5. The van der Waals surface area contributed by atoms with Crippen molar-refractivity contribution in [1.29, 1.82) is 0 Å². The molecule has 162 valence electrons. The third-order valence-corrected chi connectivity index (χ3v) is 5.41. The fourth-order valence-electron chi connectivity index (χ4n) is 3.41. The summed E-state index contributed by atoms with van der Waals surface area (Å²) >= 11 is 0. The van der Waals surface area contributed by atoms with E-state index < -0.39 is 18.0 Å². The molecule has 0 aliphatic carbocycles. The summed E-state index contributed by atoms with van der Waals surface area (Å²) in [5.41, 5.74) is 2.19. The van der Waals surface area contributed by atoms with Crippen LogP contribution >= 0.6 is 0 Å². The number of esters is 1. The van der Waals surface area contributed by atoms with Gasteiger partial charge >= 0.3 is 5.97 Å². The first-order valence-electron chi connectivity index (χ1n) is 10.4. The Labute approximate surface area is 181 Å². The smallest absolute Gasteiger partial charge is 0.338 e. The molecule has 2 aromatic rings. The molecule has 0 radical (unpaired) electrons. The van der Waals surface area contributed by atoms with Crippen molar-refractivity contribution < 1.29 is 23.9 Å². The van der Waals surface area contributed by atoms with Gasteiger partial charge in [-0.15, -0.1) is 0 Å². The van der Waals surface area contributed by atoms with Crippen LogP contribution < -0.4 is 10.2 Å². The van der Waals surface area contributed by atoms with Crippen LogP contribution in [0.2, 0.25) is 0 Å². The Bertz CT molecular complexity index is 1000. The van der Waals surface area contributed by atoms with E-state index in [9.17, 15) is 19.2 Å². The summed E-state index contributed by atoms with van der Waals surface area (Å²) in [6.45, 7) is 5.65. The maximum Gasteiger partial charge on any atom is 0.338 e. The predicted molar refractivity (Wildman–Crippen MR) is 117 cm³/mol. The minimum absolute atomic E-state index is 0.156. The molecule has 0 bridgehead atoms. The monoisotopic (exact) mass is 422 g/mol. The zero-order valence-corrected chi connectivity index (χ0v) is 17.9. The van der Waals surface area contributed by atoms with Gasteiger partial charge in [-0.05, 0) is 49.1 Å². The molecule has 1 aliphatic heterocycles. The summed E-state index contributed by atoms with van der Waals surface area (Å²) in [4.78, 5) is 50.1. The Morgan fingerprint density at radius 3 is 2.39 bits per heavy atom. The van der Waals surface area contributed by atoms with Crippen molar-refractivity contribution in [2.45, 2.75) is 52.1 Å². The Balaban J connectivity index is 1.69. The number of hydrogen-bond acceptors (Lipinski definition) is 5. The minimum atomic E-state index is -1.03. The molecule has 7 nitrogen and oxygen atoms in total. The third-order valence-electron chi connectivity index (χ3n) is 5.41. The number of carbonyl (C=O) groups excluding carboxylic acids is 4. The lowest BCUT2D eigenvalue weighted by molar-refractivity contribution is -0.124. The van der Waals surface area contributed by atoms with Crippen LogP contribution in [0.4, 0.5) is 11.4 Å². The largest absolute Gasteiger partial charge is 0.449 e. The van der Waals surface area contributed by atoms with Gasteiger partial charge in [0.1, 0.15) is 0 Å². The number of hydrogen-bond donors (Lipinski definition) is 1. The van der Waals surface area contributed by atoms with Crippen molar-refractivity contribution in [3.63, 3.8) is 0 Å². The molecule has 1 fully saturated rings. The highest BCUT2D eigenvalue weighted by molar-refractivity contribution is 6.20. The molecule has 1 saturated heterocycles. The lowest BCUT2D eigenvalue weighted by atomic mass is 9.97. The van der Waals surface area contributed by atoms with Crippen LogP contribution in [0.15, 0.2) is 48.5 Å². The molecule has 0 aromatic heterocycles. The summed E-state index contributed by atoms with van der Waals surface area (Å²) in [6.07, 6.45) is 0.206. The zero-order chi connectivity index (χ0) is 22.5. The van der Waals surface area contributed by atoms with Crippen LogP contribution in [-0.4, -0.2) is 29.8 Å². The number of amides is 3. The van der Waals surface area contributed by atoms with E-state index in [-0.39, 0.29) is 36.1 Å². The van der Waals surface area contributed by atoms with Gasteiger partial charge in [-0.25, -0.2) is 4.79 Å². The highest BCUT2D eigenvalue weighted by Crippen LogP contribution is 2.27. The third kappa shape index (κ3) is 4.99. The minimum Gasteiger partial charge on any atom is -0.449 e. The molecule has 7 heteroatoms. The highest BCUT2D eigenvalue weighted by Gasteiger charge is 2.31. The number of nitrogens with one attached hydrogen (secondary N) is 1. The summed E-state index contributed by atoms with van der Waals surface area (Å²) in [5.74, 6) is -1.48. The second-order valence-corrected chi connectivity index (χ2v) is 7.61. The maximum atomic E-state index is 12.6. The van der Waals surface area contributed by atoms with Crippen LogP contribution in [0.1, 0.15) is 61.9 Å². The second-order valence-electron chi connectivity index (χ2n) is 7.61. The summed E-state index contributed by atoms with van der Waals surface area (Å²) < 4.78 is 5.33. The first kappa shape index (κ1) is 22.2. The van der Waals surface area contributed by atoms with E-state index in [0.29, 0.717) is 11.4 Å². The van der Waals surface area contributed by atoms with Gasteiger partial charge in [0.05, 0.1) is 11.3 Å². The van der Waals surface area contributed by atoms with E-state index in [2.05, 4.69) is 19.2 Å². The first-order chi connectivity index (χ1) is 14.8. The number of rotatable bonds is 7. The average Bonchev–Trinajstić information content (AvgIpc) is 3.11. The van der Waals surface area contributed by atoms with Crippen molar-refractivity contribution in [3.05, 3.63) is 59.7 Å². The van der Waals surface area contributed by atoms with E-state index >= 15 is 0 Å². The number of para-hydroxylation sites is 1. The highest BCUT2D eigenvalue weighted by atomic mass is 16.5. The molecule has 3 rings (SSSR count). The zero-order valence-electron chi connectivity index (χ0n) is 17.9. The van der Waals surface area contributed by atoms with Gasteiger partial charge in [0.25, 0.3) is 5.91 Å². The molecule has 1 heterocycles. The van der Waals surface area contributed by atoms with Crippen molar-refractivity contribution >= 4 is 35.1 Å². The van der Waals surface area contributed by atoms with Gasteiger partial charge in [-0.1, -0.05) is 38.1 Å². The van der Waals surface area contributed by atoms with Crippen molar-refractivity contribution in [3.8, 4) is 0 Å². The Morgan fingerprint density at radius 2 is 1.71 bits per heavy atom. The fraction of sp³-hybridized carbons (Fsp3) is 0.333. The van der Waals surface area contributed by atoms with E-state index in [1.54, 1.807) is 12.1 Å². The maximum absolute atomic E-state index is 12.6. The van der Waals surface area contributed by atoms with Crippen LogP contribution in [0.3, 0.4) is 0 Å². The van der Waals surface area contributed by atoms with Gasteiger partial charge in [-0.2, -0.15) is 0 Å². The SMILES string of the molecule is CC[C@H](C)c1ccccc1NC(=O)[C@@H](C)OC(=O)c1cccc(N2C(=O)CCC2=O)c1. The van der Waals surface area contributed by atoms with E-state index in [1.807, 2.05) is 24.3 Å². The molecular weight excluding hydrogens is 396 g/mol. The van der Waals surface area contributed by atoms with Crippen molar-refractivity contribution in [1.82, 2.24) is 0 Å². The number of imide groups is 1. The average molecular weight is 422 g/mol. The number of carbonyl (C=O) groups is 4. The lowest BCUT2D eigenvalue weighted by Gasteiger charge is -2.18. The fourth-order valence-corrected chi connectivity index (χ4v) is 3.41. The summed E-state index contributed by atoms with van der Waals surface area (Å²) in [6, 6.07) is 13.6. The first-order valence-corrected chi connectivity index (χ1v) is 10.4. The van der Waals surface area contributed by atoms with Gasteiger partial charge in [0.15, 0.2) is 6.10 Å². The van der Waals surface area contributed by atoms with Gasteiger partial charge in [0, 0.05) is 18.5 Å². The van der Waals surface area contributed by atoms with Crippen LogP contribution in [0, 0.1) is 0 Å². The van der Waals surface area contributed by atoms with Crippen LogP contribution in [0.5, 0.6) is 0 Å². The Kier molecular flexibility index (Phi) is 6.84. The second kappa shape index (κ2) is 9.55. The summed E-state index contributed by atoms with van der Waals surface area (Å²) in [5, 5.41) is 2.84. The predicted octanol–water partition coefficient (Wildman–Crippen LogP) is 4.04. The van der Waals surface area contributed by atoms with E-state index in [0.717, 1.165) is 16.9 Å². The molecule has 1 N–H and O–H groups in total. The molecule has 0 saturated carbocycles. The number of ether oxygens (including phenoxy) is 1. The topological polar surface area (TPSA) is 92.8 Å².